The largest absolute Gasteiger partial charge is 0.0899 e. The molecule has 0 spiro atoms. The summed E-state index contributed by atoms with van der Waals surface area (Å²) >= 11 is 5.99. The fourth-order valence-electron chi connectivity index (χ4n) is 1.03. The molecule has 0 atom stereocenters. The van der Waals surface area contributed by atoms with Crippen LogP contribution in [0, 0.1) is 6.92 Å². The number of hydrogen-bond donors (Lipinski definition) is 0. The van der Waals surface area contributed by atoms with Gasteiger partial charge in [0, 0.05) is 16.5 Å². The first kappa shape index (κ1) is 10.6. The molecule has 0 amide bonds. The van der Waals surface area contributed by atoms with E-state index in [2.05, 4.69) is 10.0 Å². The average Bonchev–Trinajstić information content (AvgIpc) is 2.15. The predicted molar refractivity (Wildman–Crippen MR) is 59.2 cm³/mol. The van der Waals surface area contributed by atoms with Gasteiger partial charge in [-0.25, -0.2) is 0 Å². The Kier molecular flexibility index (Phi) is 4.05. The quantitative estimate of drug-likeness (QED) is 0.409. The van der Waals surface area contributed by atoms with E-state index in [4.69, 9.17) is 17.1 Å². The maximum Gasteiger partial charge on any atom is 0.0480 e. The van der Waals surface area contributed by atoms with Gasteiger partial charge < -0.3 is 0 Å². The van der Waals surface area contributed by atoms with Crippen molar-refractivity contribution in [2.24, 2.45) is 5.11 Å². The average molecular weight is 208 g/mol. The van der Waals surface area contributed by atoms with E-state index in [0.717, 1.165) is 11.1 Å². The van der Waals surface area contributed by atoms with Gasteiger partial charge in [-0.3, -0.25) is 0 Å². The van der Waals surface area contributed by atoms with Gasteiger partial charge in [0.15, 0.2) is 0 Å². The minimum absolute atomic E-state index is 0.348. The van der Waals surface area contributed by atoms with E-state index in [1.54, 1.807) is 6.08 Å². The lowest BCUT2D eigenvalue weighted by molar-refractivity contribution is 1.22. The highest BCUT2D eigenvalue weighted by Gasteiger charge is 1.94. The summed E-state index contributed by atoms with van der Waals surface area (Å²) in [6.45, 7) is 2.33. The first-order valence-corrected chi connectivity index (χ1v) is 4.55. The van der Waals surface area contributed by atoms with E-state index in [0.29, 0.717) is 11.6 Å². The number of nitrogens with zero attached hydrogens (tertiary/aromatic N) is 3. The molecule has 4 heteroatoms. The Bertz CT molecular complexity index is 392. The van der Waals surface area contributed by atoms with Gasteiger partial charge in [0.05, 0.1) is 0 Å². The molecule has 3 nitrogen and oxygen atoms in total. The third-order valence-corrected chi connectivity index (χ3v) is 2.03. The Balaban J connectivity index is 2.76. The maximum atomic E-state index is 8.05. The molecule has 1 aromatic carbocycles. The van der Waals surface area contributed by atoms with Gasteiger partial charge in [0.1, 0.15) is 0 Å². The van der Waals surface area contributed by atoms with Gasteiger partial charge in [-0.05, 0) is 29.6 Å². The van der Waals surface area contributed by atoms with E-state index in [1.807, 2.05) is 31.2 Å². The van der Waals surface area contributed by atoms with Crippen molar-refractivity contribution in [1.82, 2.24) is 0 Å². The molecule has 0 aromatic heterocycles. The lowest BCUT2D eigenvalue weighted by atomic mass is 10.1. The normalized spacial score (nSPS) is 10.1. The summed E-state index contributed by atoms with van der Waals surface area (Å²) in [5.74, 6) is 0. The smallest absolute Gasteiger partial charge is 0.0480 e. The van der Waals surface area contributed by atoms with Crippen LogP contribution < -0.4 is 0 Å². The van der Waals surface area contributed by atoms with Crippen LogP contribution in [0.5, 0.6) is 0 Å². The van der Waals surface area contributed by atoms with Crippen molar-refractivity contribution < 1.29 is 0 Å². The minimum Gasteiger partial charge on any atom is -0.0899 e. The fraction of sp³-hybridized carbons (Fsp3) is 0.200. The number of aryl methyl sites for hydroxylation is 1. The van der Waals surface area contributed by atoms with Crippen molar-refractivity contribution in [3.8, 4) is 0 Å². The number of rotatable bonds is 3. The van der Waals surface area contributed by atoms with E-state index in [1.165, 1.54) is 0 Å². The molecular formula is C10H10ClN3. The fourth-order valence-corrected chi connectivity index (χ4v) is 1.33. The van der Waals surface area contributed by atoms with Crippen LogP contribution in [0.1, 0.15) is 11.1 Å². The number of benzene rings is 1. The van der Waals surface area contributed by atoms with Crippen molar-refractivity contribution >= 4 is 17.7 Å². The third kappa shape index (κ3) is 3.13. The number of azide groups is 1. The van der Waals surface area contributed by atoms with Gasteiger partial charge in [-0.1, -0.05) is 41.0 Å². The van der Waals surface area contributed by atoms with Crippen molar-refractivity contribution in [2.75, 3.05) is 6.54 Å². The third-order valence-electron chi connectivity index (χ3n) is 1.70. The summed E-state index contributed by atoms with van der Waals surface area (Å²) in [4.78, 5) is 2.64. The molecule has 0 bridgehead atoms. The standard InChI is InChI=1S/C10H10ClN3/c1-8-4-5-9(10(11)7-8)3-2-6-13-14-12/h2-5,7H,6H2,1H3. The second-order valence-corrected chi connectivity index (χ2v) is 3.25. The van der Waals surface area contributed by atoms with Crippen molar-refractivity contribution in [2.45, 2.75) is 6.92 Å². The van der Waals surface area contributed by atoms with Crippen LogP contribution in [0.25, 0.3) is 16.5 Å². The zero-order chi connectivity index (χ0) is 10.4. The lowest BCUT2D eigenvalue weighted by Crippen LogP contribution is -1.78. The second kappa shape index (κ2) is 5.32. The summed E-state index contributed by atoms with van der Waals surface area (Å²) in [5, 5.41) is 4.10. The van der Waals surface area contributed by atoms with Crippen LogP contribution in [0.15, 0.2) is 29.4 Å². The molecule has 72 valence electrons. The molecule has 0 aliphatic heterocycles. The van der Waals surface area contributed by atoms with Crippen LogP contribution in [0.3, 0.4) is 0 Å². The van der Waals surface area contributed by atoms with Crippen LogP contribution in [-0.2, 0) is 0 Å². The van der Waals surface area contributed by atoms with Crippen LogP contribution in [0.2, 0.25) is 5.02 Å². The van der Waals surface area contributed by atoms with Gasteiger partial charge >= 0.3 is 0 Å². The van der Waals surface area contributed by atoms with E-state index >= 15 is 0 Å². The topological polar surface area (TPSA) is 48.8 Å². The highest BCUT2D eigenvalue weighted by atomic mass is 35.5. The van der Waals surface area contributed by atoms with Crippen molar-refractivity contribution in [3.63, 3.8) is 0 Å². The van der Waals surface area contributed by atoms with E-state index in [-0.39, 0.29) is 0 Å². The summed E-state index contributed by atoms with van der Waals surface area (Å²) in [6, 6.07) is 5.82. The molecule has 0 radical (unpaired) electrons. The molecule has 0 N–H and O–H groups in total. The highest BCUT2D eigenvalue weighted by molar-refractivity contribution is 6.32. The van der Waals surface area contributed by atoms with Gasteiger partial charge in [0.2, 0.25) is 0 Å². The van der Waals surface area contributed by atoms with Crippen molar-refractivity contribution in [3.05, 3.63) is 50.9 Å². The van der Waals surface area contributed by atoms with Crippen LogP contribution in [-0.4, -0.2) is 6.54 Å². The summed E-state index contributed by atoms with van der Waals surface area (Å²) < 4.78 is 0. The molecule has 0 aliphatic carbocycles. The molecule has 1 aromatic rings. The van der Waals surface area contributed by atoms with E-state index < -0.39 is 0 Å². The molecule has 14 heavy (non-hydrogen) atoms. The number of halogens is 1. The summed E-state index contributed by atoms with van der Waals surface area (Å²) in [5.41, 5.74) is 10.1. The maximum absolute atomic E-state index is 8.05. The van der Waals surface area contributed by atoms with Gasteiger partial charge in [-0.2, -0.15) is 0 Å². The minimum atomic E-state index is 0.348. The second-order valence-electron chi connectivity index (χ2n) is 2.84. The Morgan fingerprint density at radius 1 is 1.57 bits per heavy atom. The summed E-state index contributed by atoms with van der Waals surface area (Å²) in [6.07, 6.45) is 3.62. The SMILES string of the molecule is Cc1ccc(C=CCN=[N+]=[N-])c(Cl)c1. The van der Waals surface area contributed by atoms with Crippen LogP contribution >= 0.6 is 11.6 Å². The Hall–Kier alpha value is -1.44. The Labute approximate surface area is 87.6 Å². The zero-order valence-corrected chi connectivity index (χ0v) is 8.57. The Morgan fingerprint density at radius 3 is 3.00 bits per heavy atom. The van der Waals surface area contributed by atoms with Gasteiger partial charge in [0.25, 0.3) is 0 Å². The van der Waals surface area contributed by atoms with Crippen LogP contribution in [0.4, 0.5) is 0 Å². The van der Waals surface area contributed by atoms with Gasteiger partial charge in [-0.15, -0.1) is 0 Å². The molecule has 0 saturated carbocycles. The molecule has 0 heterocycles. The van der Waals surface area contributed by atoms with Crippen molar-refractivity contribution in [1.29, 1.82) is 0 Å². The van der Waals surface area contributed by atoms with E-state index in [9.17, 15) is 0 Å². The summed E-state index contributed by atoms with van der Waals surface area (Å²) in [7, 11) is 0. The first-order chi connectivity index (χ1) is 6.74. The Morgan fingerprint density at radius 2 is 2.36 bits per heavy atom. The molecule has 1 rings (SSSR count). The highest BCUT2D eigenvalue weighted by Crippen LogP contribution is 2.18. The first-order valence-electron chi connectivity index (χ1n) is 4.17. The predicted octanol–water partition coefficient (Wildman–Crippen LogP) is 3.97. The molecule has 0 unspecified atom stereocenters. The zero-order valence-electron chi connectivity index (χ0n) is 7.81. The molecule has 0 saturated heterocycles. The monoisotopic (exact) mass is 207 g/mol. The number of hydrogen-bond acceptors (Lipinski definition) is 1. The molecule has 0 fully saturated rings. The lowest BCUT2D eigenvalue weighted by Gasteiger charge is -1.98. The molecular weight excluding hydrogens is 198 g/mol. The molecule has 0 aliphatic rings.